The molecule has 5 nitrogen and oxygen atoms in total. The number of benzene rings is 2. The normalized spacial score (nSPS) is 12.3. The van der Waals surface area contributed by atoms with Crippen LogP contribution in [0.1, 0.15) is 12.1 Å². The van der Waals surface area contributed by atoms with E-state index in [0.717, 1.165) is 23.1 Å². The number of nitrogens with zero attached hydrogens (tertiary/aromatic N) is 2. The Bertz CT molecular complexity index is 1140. The van der Waals surface area contributed by atoms with Crippen LogP contribution in [0.3, 0.4) is 0 Å². The van der Waals surface area contributed by atoms with Crippen molar-refractivity contribution in [1.29, 1.82) is 0 Å². The second-order valence-electron chi connectivity index (χ2n) is 6.67. The molecular weight excluding hydrogens is 424 g/mol. The largest absolute Gasteiger partial charge is 0.433 e. The standard InChI is InChI=1S/C20H18F4N2O3S/c1-30(28,29)16-9-5-14(6-10-16)18-17(13-3-7-15(21)8-4-13)19(20(22,23)24)26(25-18)11-2-12-27/h3-10,27H,2,11-12H2,1H3. The Morgan fingerprint density at radius 2 is 1.57 bits per heavy atom. The third kappa shape index (κ3) is 4.54. The predicted molar refractivity (Wildman–Crippen MR) is 103 cm³/mol. The minimum absolute atomic E-state index is 0.0188. The van der Waals surface area contributed by atoms with Crippen LogP contribution in [0.15, 0.2) is 53.4 Å². The van der Waals surface area contributed by atoms with Crippen LogP contribution in [0.2, 0.25) is 0 Å². The zero-order chi connectivity index (χ0) is 22.1. The molecule has 0 saturated heterocycles. The number of aromatic nitrogens is 2. The summed E-state index contributed by atoms with van der Waals surface area (Å²) in [6, 6.07) is 9.90. The molecule has 1 aromatic heterocycles. The predicted octanol–water partition coefficient (Wildman–Crippen LogP) is 4.16. The van der Waals surface area contributed by atoms with Crippen LogP contribution >= 0.6 is 0 Å². The van der Waals surface area contributed by atoms with Crippen LogP contribution < -0.4 is 0 Å². The van der Waals surface area contributed by atoms with Crippen LogP contribution in [-0.4, -0.2) is 36.2 Å². The van der Waals surface area contributed by atoms with E-state index in [4.69, 9.17) is 5.11 Å². The molecule has 0 spiro atoms. The minimum atomic E-state index is -4.77. The van der Waals surface area contributed by atoms with Crippen molar-refractivity contribution in [1.82, 2.24) is 9.78 Å². The van der Waals surface area contributed by atoms with Crippen LogP contribution in [0.5, 0.6) is 0 Å². The van der Waals surface area contributed by atoms with Gasteiger partial charge in [0.1, 0.15) is 11.5 Å². The van der Waals surface area contributed by atoms with Gasteiger partial charge in [0.2, 0.25) is 0 Å². The first-order valence-corrected chi connectivity index (χ1v) is 10.8. The molecule has 2 aromatic carbocycles. The molecule has 0 radical (unpaired) electrons. The van der Waals surface area contributed by atoms with Gasteiger partial charge in [0, 0.05) is 30.5 Å². The fourth-order valence-corrected chi connectivity index (χ4v) is 3.71. The minimum Gasteiger partial charge on any atom is -0.396 e. The maximum absolute atomic E-state index is 14.0. The molecule has 10 heteroatoms. The summed E-state index contributed by atoms with van der Waals surface area (Å²) in [5.41, 5.74) is -0.902. The van der Waals surface area contributed by atoms with E-state index in [1.54, 1.807) is 0 Å². The average molecular weight is 442 g/mol. The van der Waals surface area contributed by atoms with E-state index in [1.807, 2.05) is 0 Å². The van der Waals surface area contributed by atoms with Crippen molar-refractivity contribution in [2.24, 2.45) is 0 Å². The second-order valence-corrected chi connectivity index (χ2v) is 8.69. The molecule has 0 aliphatic heterocycles. The number of sulfone groups is 1. The van der Waals surface area contributed by atoms with Crippen LogP contribution in [-0.2, 0) is 22.6 Å². The number of hydrogen-bond donors (Lipinski definition) is 1. The van der Waals surface area contributed by atoms with E-state index < -0.39 is 27.5 Å². The molecular formula is C20H18F4N2O3S. The topological polar surface area (TPSA) is 72.2 Å². The van der Waals surface area contributed by atoms with Crippen molar-refractivity contribution in [3.05, 3.63) is 60.0 Å². The number of alkyl halides is 3. The van der Waals surface area contributed by atoms with Gasteiger partial charge in [-0.25, -0.2) is 12.8 Å². The van der Waals surface area contributed by atoms with E-state index in [-0.39, 0.29) is 46.9 Å². The molecule has 0 amide bonds. The lowest BCUT2D eigenvalue weighted by Gasteiger charge is -2.13. The third-order valence-corrected chi connectivity index (χ3v) is 5.57. The highest BCUT2D eigenvalue weighted by molar-refractivity contribution is 7.90. The van der Waals surface area contributed by atoms with Gasteiger partial charge in [0.05, 0.1) is 4.90 Å². The summed E-state index contributed by atoms with van der Waals surface area (Å²) in [6.07, 6.45) is -3.69. The van der Waals surface area contributed by atoms with Gasteiger partial charge in [-0.05, 0) is 36.2 Å². The van der Waals surface area contributed by atoms with E-state index in [2.05, 4.69) is 5.10 Å². The summed E-state index contributed by atoms with van der Waals surface area (Å²) in [5.74, 6) is -0.598. The van der Waals surface area contributed by atoms with Gasteiger partial charge in [0.15, 0.2) is 15.5 Å². The lowest BCUT2D eigenvalue weighted by atomic mass is 9.98. The molecule has 3 aromatic rings. The average Bonchev–Trinajstić information content (AvgIpc) is 3.06. The SMILES string of the molecule is CS(=O)(=O)c1ccc(-c2nn(CCCO)c(C(F)(F)F)c2-c2ccc(F)cc2)cc1. The Hall–Kier alpha value is -2.72. The summed E-state index contributed by atoms with van der Waals surface area (Å²) in [5, 5.41) is 13.2. The second kappa shape index (κ2) is 8.19. The Kier molecular flexibility index (Phi) is 6.00. The number of aliphatic hydroxyl groups is 1. The molecule has 30 heavy (non-hydrogen) atoms. The van der Waals surface area contributed by atoms with E-state index in [9.17, 15) is 26.0 Å². The van der Waals surface area contributed by atoms with E-state index in [1.165, 1.54) is 36.4 Å². The number of rotatable bonds is 6. The monoisotopic (exact) mass is 442 g/mol. The molecule has 0 bridgehead atoms. The molecule has 0 unspecified atom stereocenters. The van der Waals surface area contributed by atoms with Crippen molar-refractivity contribution in [3.63, 3.8) is 0 Å². The summed E-state index contributed by atoms with van der Waals surface area (Å²) < 4.78 is 79.4. The highest BCUT2D eigenvalue weighted by Gasteiger charge is 2.40. The Balaban J connectivity index is 2.28. The molecule has 0 aliphatic carbocycles. The van der Waals surface area contributed by atoms with Crippen molar-refractivity contribution >= 4 is 9.84 Å². The van der Waals surface area contributed by atoms with Crippen LogP contribution in [0.25, 0.3) is 22.4 Å². The molecule has 0 atom stereocenters. The Morgan fingerprint density at radius 1 is 1.00 bits per heavy atom. The van der Waals surface area contributed by atoms with Gasteiger partial charge in [-0.2, -0.15) is 18.3 Å². The van der Waals surface area contributed by atoms with Gasteiger partial charge in [-0.15, -0.1) is 0 Å². The third-order valence-electron chi connectivity index (χ3n) is 4.44. The van der Waals surface area contributed by atoms with E-state index >= 15 is 0 Å². The van der Waals surface area contributed by atoms with E-state index in [0.29, 0.717) is 0 Å². The molecule has 1 N–H and O–H groups in total. The smallest absolute Gasteiger partial charge is 0.396 e. The van der Waals surface area contributed by atoms with Crippen molar-refractivity contribution < 1.29 is 31.1 Å². The lowest BCUT2D eigenvalue weighted by molar-refractivity contribution is -0.143. The fraction of sp³-hybridized carbons (Fsp3) is 0.250. The number of halogens is 4. The van der Waals surface area contributed by atoms with Gasteiger partial charge in [-0.1, -0.05) is 24.3 Å². The maximum atomic E-state index is 14.0. The first-order valence-electron chi connectivity index (χ1n) is 8.87. The molecule has 160 valence electrons. The summed E-state index contributed by atoms with van der Waals surface area (Å²) >= 11 is 0. The zero-order valence-electron chi connectivity index (χ0n) is 15.8. The van der Waals surface area contributed by atoms with Crippen molar-refractivity contribution in [2.75, 3.05) is 12.9 Å². The number of hydrogen-bond acceptors (Lipinski definition) is 4. The highest BCUT2D eigenvalue weighted by Crippen LogP contribution is 2.43. The van der Waals surface area contributed by atoms with Crippen LogP contribution in [0.4, 0.5) is 17.6 Å². The number of aliphatic hydroxyl groups excluding tert-OH is 1. The van der Waals surface area contributed by atoms with Gasteiger partial charge < -0.3 is 5.11 Å². The Morgan fingerprint density at radius 3 is 2.07 bits per heavy atom. The highest BCUT2D eigenvalue weighted by atomic mass is 32.2. The van der Waals surface area contributed by atoms with Gasteiger partial charge >= 0.3 is 6.18 Å². The Labute approximate surface area is 170 Å². The lowest BCUT2D eigenvalue weighted by Crippen LogP contribution is -2.16. The molecule has 0 aliphatic rings. The molecule has 1 heterocycles. The zero-order valence-corrected chi connectivity index (χ0v) is 16.6. The van der Waals surface area contributed by atoms with Crippen molar-refractivity contribution in [3.8, 4) is 22.4 Å². The van der Waals surface area contributed by atoms with Crippen LogP contribution in [0, 0.1) is 5.82 Å². The van der Waals surface area contributed by atoms with Gasteiger partial charge in [-0.3, -0.25) is 4.68 Å². The first kappa shape index (κ1) is 22.0. The summed E-state index contributed by atoms with van der Waals surface area (Å²) in [6.45, 7) is -0.498. The van der Waals surface area contributed by atoms with Crippen molar-refractivity contribution in [2.45, 2.75) is 24.0 Å². The quantitative estimate of drug-likeness (QED) is 0.582. The molecule has 3 rings (SSSR count). The molecule has 0 fully saturated rings. The maximum Gasteiger partial charge on any atom is 0.433 e. The summed E-state index contributed by atoms with van der Waals surface area (Å²) in [4.78, 5) is 0.0188. The summed E-state index contributed by atoms with van der Waals surface area (Å²) in [7, 11) is -3.48. The number of aryl methyl sites for hydroxylation is 1. The van der Waals surface area contributed by atoms with Gasteiger partial charge in [0.25, 0.3) is 0 Å². The first-order chi connectivity index (χ1) is 14.0. The molecule has 0 saturated carbocycles. The fourth-order valence-electron chi connectivity index (χ4n) is 3.08.